The Kier molecular flexibility index (Phi) is 4.86. The average molecular weight is 357 g/mol. The van der Waals surface area contributed by atoms with Gasteiger partial charge in [-0.05, 0) is 59.2 Å². The van der Waals surface area contributed by atoms with Crippen molar-refractivity contribution in [1.29, 1.82) is 0 Å². The molecule has 2 nitrogen and oxygen atoms in total. The van der Waals surface area contributed by atoms with Crippen LogP contribution in [0, 0.1) is 11.8 Å². The molecule has 0 radical (unpaired) electrons. The number of thiophene rings is 1. The third-order valence-electron chi connectivity index (χ3n) is 4.49. The van der Waals surface area contributed by atoms with Crippen LogP contribution < -0.4 is 5.32 Å². The largest absolute Gasteiger partial charge is 0.311 e. The number of piperazine rings is 1. The molecule has 1 saturated carbocycles. The van der Waals surface area contributed by atoms with Gasteiger partial charge in [-0.15, -0.1) is 11.3 Å². The van der Waals surface area contributed by atoms with Crippen molar-refractivity contribution in [1.82, 2.24) is 10.2 Å². The predicted octanol–water partition coefficient (Wildman–Crippen LogP) is 4.11. The Morgan fingerprint density at radius 2 is 2.20 bits per heavy atom. The molecule has 1 aromatic heterocycles. The molecule has 1 aliphatic carbocycles. The van der Waals surface area contributed by atoms with Crippen LogP contribution in [0.5, 0.6) is 0 Å². The number of nitrogens with zero attached hydrogens (tertiary/aromatic N) is 1. The maximum atomic E-state index is 3.81. The van der Waals surface area contributed by atoms with Gasteiger partial charge < -0.3 is 5.32 Å². The Morgan fingerprint density at radius 1 is 1.40 bits per heavy atom. The molecule has 2 aliphatic rings. The number of hydrogen-bond acceptors (Lipinski definition) is 3. The van der Waals surface area contributed by atoms with Crippen LogP contribution in [-0.4, -0.2) is 30.1 Å². The van der Waals surface area contributed by atoms with Crippen LogP contribution in [0.25, 0.3) is 0 Å². The number of nitrogens with one attached hydrogen (secondary N) is 1. The first-order valence-electron chi connectivity index (χ1n) is 7.83. The van der Waals surface area contributed by atoms with E-state index in [0.29, 0.717) is 6.04 Å². The molecule has 3 rings (SSSR count). The summed E-state index contributed by atoms with van der Waals surface area (Å²) in [6, 6.07) is 5.89. The zero-order valence-corrected chi connectivity index (χ0v) is 14.8. The number of halogens is 1. The second-order valence-electron chi connectivity index (χ2n) is 6.77. The second-order valence-corrected chi connectivity index (χ2v) is 9.32. The molecule has 1 saturated heterocycles. The fraction of sp³-hybridized carbons (Fsp3) is 0.750. The summed E-state index contributed by atoms with van der Waals surface area (Å²) in [5.74, 6) is 1.73. The highest BCUT2D eigenvalue weighted by atomic mass is 79.9. The fourth-order valence-corrected chi connectivity index (χ4v) is 4.81. The van der Waals surface area contributed by atoms with E-state index >= 15 is 0 Å². The van der Waals surface area contributed by atoms with Gasteiger partial charge in [0, 0.05) is 36.6 Å². The van der Waals surface area contributed by atoms with E-state index in [1.807, 2.05) is 11.3 Å². The first kappa shape index (κ1) is 15.0. The summed E-state index contributed by atoms with van der Waals surface area (Å²) in [5, 5.41) is 3.81. The lowest BCUT2D eigenvalue weighted by Gasteiger charge is -2.41. The van der Waals surface area contributed by atoms with Gasteiger partial charge in [0.2, 0.25) is 0 Å². The predicted molar refractivity (Wildman–Crippen MR) is 90.2 cm³/mol. The second kappa shape index (κ2) is 6.47. The van der Waals surface area contributed by atoms with E-state index in [2.05, 4.69) is 52.1 Å². The summed E-state index contributed by atoms with van der Waals surface area (Å²) >= 11 is 5.47. The minimum absolute atomic E-state index is 0.700. The fourth-order valence-electron chi connectivity index (χ4n) is 3.30. The van der Waals surface area contributed by atoms with Crippen molar-refractivity contribution >= 4 is 27.3 Å². The third kappa shape index (κ3) is 3.85. The molecule has 0 aromatic carbocycles. The standard InChI is InChI=1S/C16H25BrN2S/c1-11(2)7-13-8-18-15(12-3-4-12)10-19(13)9-14-5-6-16(17)20-14/h5-6,11-13,15,18H,3-4,7-10H2,1-2H3. The first-order valence-corrected chi connectivity index (χ1v) is 9.44. The Balaban J connectivity index is 1.66. The van der Waals surface area contributed by atoms with Crippen molar-refractivity contribution in [3.63, 3.8) is 0 Å². The number of hydrogen-bond donors (Lipinski definition) is 1. The molecule has 1 aromatic rings. The zero-order chi connectivity index (χ0) is 14.1. The van der Waals surface area contributed by atoms with Crippen LogP contribution in [0.1, 0.15) is 38.0 Å². The smallest absolute Gasteiger partial charge is 0.0701 e. The van der Waals surface area contributed by atoms with Gasteiger partial charge in [-0.2, -0.15) is 0 Å². The highest BCUT2D eigenvalue weighted by Crippen LogP contribution is 2.35. The van der Waals surface area contributed by atoms with Gasteiger partial charge in [0.1, 0.15) is 0 Å². The lowest BCUT2D eigenvalue weighted by Crippen LogP contribution is -2.57. The lowest BCUT2D eigenvalue weighted by atomic mass is 9.97. The lowest BCUT2D eigenvalue weighted by molar-refractivity contribution is 0.101. The highest BCUT2D eigenvalue weighted by Gasteiger charge is 2.37. The number of rotatable bonds is 5. The Bertz CT molecular complexity index is 441. The van der Waals surface area contributed by atoms with Crippen molar-refractivity contribution in [2.75, 3.05) is 13.1 Å². The quantitative estimate of drug-likeness (QED) is 0.853. The molecule has 2 heterocycles. The van der Waals surface area contributed by atoms with Crippen LogP contribution in [0.3, 0.4) is 0 Å². The zero-order valence-electron chi connectivity index (χ0n) is 12.4. The van der Waals surface area contributed by atoms with Gasteiger partial charge in [0.25, 0.3) is 0 Å². The molecule has 2 atom stereocenters. The molecule has 0 spiro atoms. The van der Waals surface area contributed by atoms with E-state index in [1.54, 1.807) is 0 Å². The van der Waals surface area contributed by atoms with Crippen molar-refractivity contribution < 1.29 is 0 Å². The summed E-state index contributed by atoms with van der Waals surface area (Å²) < 4.78 is 1.25. The van der Waals surface area contributed by atoms with Crippen LogP contribution >= 0.6 is 27.3 Å². The Morgan fingerprint density at radius 3 is 2.80 bits per heavy atom. The van der Waals surface area contributed by atoms with Crippen LogP contribution in [-0.2, 0) is 6.54 Å². The maximum Gasteiger partial charge on any atom is 0.0701 e. The molecule has 112 valence electrons. The molecule has 2 unspecified atom stereocenters. The van der Waals surface area contributed by atoms with Crippen molar-refractivity contribution in [3.8, 4) is 0 Å². The van der Waals surface area contributed by atoms with E-state index in [4.69, 9.17) is 0 Å². The van der Waals surface area contributed by atoms with Gasteiger partial charge in [-0.1, -0.05) is 13.8 Å². The Labute approximate surface area is 135 Å². The summed E-state index contributed by atoms with van der Waals surface area (Å²) in [4.78, 5) is 4.22. The molecular weight excluding hydrogens is 332 g/mol. The van der Waals surface area contributed by atoms with Gasteiger partial charge >= 0.3 is 0 Å². The van der Waals surface area contributed by atoms with Crippen molar-refractivity contribution in [3.05, 3.63) is 20.8 Å². The molecular formula is C16H25BrN2S. The van der Waals surface area contributed by atoms with E-state index in [-0.39, 0.29) is 0 Å². The third-order valence-corrected chi connectivity index (χ3v) is 6.09. The summed E-state index contributed by atoms with van der Waals surface area (Å²) in [7, 11) is 0. The Hall–Kier alpha value is 0.1000. The van der Waals surface area contributed by atoms with Gasteiger partial charge in [-0.25, -0.2) is 0 Å². The van der Waals surface area contributed by atoms with Crippen LogP contribution in [0.2, 0.25) is 0 Å². The topological polar surface area (TPSA) is 15.3 Å². The average Bonchev–Trinajstić information content (AvgIpc) is 3.15. The van der Waals surface area contributed by atoms with Gasteiger partial charge in [0.05, 0.1) is 3.79 Å². The van der Waals surface area contributed by atoms with E-state index in [9.17, 15) is 0 Å². The molecule has 1 N–H and O–H groups in total. The molecule has 1 aliphatic heterocycles. The molecule has 2 fully saturated rings. The minimum atomic E-state index is 0.700. The monoisotopic (exact) mass is 356 g/mol. The molecule has 0 bridgehead atoms. The van der Waals surface area contributed by atoms with Crippen LogP contribution in [0.4, 0.5) is 0 Å². The van der Waals surface area contributed by atoms with Gasteiger partial charge in [0.15, 0.2) is 0 Å². The highest BCUT2D eigenvalue weighted by molar-refractivity contribution is 9.11. The van der Waals surface area contributed by atoms with E-state index < -0.39 is 0 Å². The maximum absolute atomic E-state index is 3.81. The summed E-state index contributed by atoms with van der Waals surface area (Å²) in [6.45, 7) is 8.21. The van der Waals surface area contributed by atoms with Crippen LogP contribution in [0.15, 0.2) is 15.9 Å². The normalized spacial score (nSPS) is 28.2. The van der Waals surface area contributed by atoms with E-state index in [1.165, 1.54) is 41.0 Å². The molecule has 4 heteroatoms. The summed E-state index contributed by atoms with van der Waals surface area (Å²) in [5.41, 5.74) is 0. The molecule has 20 heavy (non-hydrogen) atoms. The SMILES string of the molecule is CC(C)CC1CNC(C2CC2)CN1Cc1ccc(Br)s1. The first-order chi connectivity index (χ1) is 9.61. The van der Waals surface area contributed by atoms with Crippen molar-refractivity contribution in [2.24, 2.45) is 11.8 Å². The van der Waals surface area contributed by atoms with E-state index in [0.717, 1.165) is 24.4 Å². The van der Waals surface area contributed by atoms with Crippen molar-refractivity contribution in [2.45, 2.75) is 51.7 Å². The minimum Gasteiger partial charge on any atom is -0.311 e. The van der Waals surface area contributed by atoms with Gasteiger partial charge in [-0.3, -0.25) is 4.90 Å². The molecule has 0 amide bonds. The summed E-state index contributed by atoms with van der Waals surface area (Å²) in [6.07, 6.45) is 4.17.